The Bertz CT molecular complexity index is 671. The minimum atomic E-state index is -4.08. The molecule has 2 unspecified atom stereocenters. The second-order valence-corrected chi connectivity index (χ2v) is 9.70. The average molecular weight is 454 g/mol. The summed E-state index contributed by atoms with van der Waals surface area (Å²) >= 11 is 1.11. The number of hydrogen-bond acceptors (Lipinski definition) is 10. The molecule has 0 bridgehead atoms. The van der Waals surface area contributed by atoms with Crippen LogP contribution in [-0.4, -0.2) is 61.2 Å². The first-order valence-corrected chi connectivity index (χ1v) is 11.3. The summed E-state index contributed by atoms with van der Waals surface area (Å²) in [5, 5.41) is 5.16. The number of nitrogens with one attached hydrogen (secondary N) is 2. The first kappa shape index (κ1) is 25.6. The van der Waals surface area contributed by atoms with E-state index in [2.05, 4.69) is 15.4 Å². The van der Waals surface area contributed by atoms with E-state index >= 15 is 0 Å². The predicted molar refractivity (Wildman–Crippen MR) is 104 cm³/mol. The summed E-state index contributed by atoms with van der Waals surface area (Å²) in [7, 11) is -4.08. The summed E-state index contributed by atoms with van der Waals surface area (Å²) in [5.74, 6) is -1.02. The predicted octanol–water partition coefficient (Wildman–Crippen LogP) is 0.976. The van der Waals surface area contributed by atoms with Crippen molar-refractivity contribution < 1.29 is 42.1 Å². The molecule has 1 aliphatic rings. The fourth-order valence-corrected chi connectivity index (χ4v) is 4.13. The Morgan fingerprint density at radius 3 is 2.48 bits per heavy atom. The van der Waals surface area contributed by atoms with Gasteiger partial charge in [0.1, 0.15) is 0 Å². The molecule has 166 valence electrons. The minimum absolute atomic E-state index is 0.0280. The highest BCUT2D eigenvalue weighted by atomic mass is 32.2. The van der Waals surface area contributed by atoms with E-state index in [1.165, 1.54) is 6.92 Å². The molecule has 0 spiro atoms. The molecular formula is C16H27N2O9PS. The van der Waals surface area contributed by atoms with Gasteiger partial charge in [-0.25, -0.2) is 9.09 Å². The van der Waals surface area contributed by atoms with Crippen LogP contribution >= 0.6 is 19.6 Å². The third-order valence-corrected chi connectivity index (χ3v) is 5.78. The van der Waals surface area contributed by atoms with Gasteiger partial charge >= 0.3 is 13.8 Å². The molecule has 11 nitrogen and oxygen atoms in total. The van der Waals surface area contributed by atoms with Crippen molar-refractivity contribution in [3.8, 4) is 0 Å². The molecule has 0 radical (unpaired) electrons. The van der Waals surface area contributed by atoms with E-state index < -0.39 is 38.0 Å². The van der Waals surface area contributed by atoms with Crippen molar-refractivity contribution in [3.05, 3.63) is 0 Å². The van der Waals surface area contributed by atoms with E-state index in [0.29, 0.717) is 12.3 Å². The van der Waals surface area contributed by atoms with Crippen molar-refractivity contribution in [1.82, 2.24) is 10.6 Å². The highest BCUT2D eigenvalue weighted by Gasteiger charge is 2.49. The Balaban J connectivity index is 2.46. The zero-order chi connectivity index (χ0) is 22.1. The van der Waals surface area contributed by atoms with Gasteiger partial charge in [0.05, 0.1) is 6.61 Å². The number of ether oxygens (including phenoxy) is 1. The highest BCUT2D eigenvalue weighted by Crippen LogP contribution is 2.57. The quantitative estimate of drug-likeness (QED) is 0.212. The normalized spacial score (nSPS) is 23.1. The number of phosphoric acid groups is 1. The Hall–Kier alpha value is -1.46. The third kappa shape index (κ3) is 9.72. The van der Waals surface area contributed by atoms with Crippen molar-refractivity contribution in [1.29, 1.82) is 0 Å². The number of carbonyl (C=O) groups is 4. The molecule has 0 aliphatic carbocycles. The largest absolute Gasteiger partial charge is 0.478 e. The van der Waals surface area contributed by atoms with Gasteiger partial charge in [0.15, 0.2) is 11.2 Å². The third-order valence-electron chi connectivity index (χ3n) is 3.63. The van der Waals surface area contributed by atoms with Gasteiger partial charge in [-0.15, -0.1) is 0 Å². The van der Waals surface area contributed by atoms with Gasteiger partial charge in [-0.2, -0.15) is 0 Å². The summed E-state index contributed by atoms with van der Waals surface area (Å²) < 4.78 is 32.2. The zero-order valence-corrected chi connectivity index (χ0v) is 18.6. The molecule has 13 heteroatoms. The molecule has 0 aromatic rings. The summed E-state index contributed by atoms with van der Waals surface area (Å²) in [6.45, 7) is 5.64. The van der Waals surface area contributed by atoms with Crippen LogP contribution < -0.4 is 10.6 Å². The van der Waals surface area contributed by atoms with Crippen LogP contribution in [0, 0.1) is 5.41 Å². The molecule has 29 heavy (non-hydrogen) atoms. The summed E-state index contributed by atoms with van der Waals surface area (Å²) in [6.07, 6.45) is -1.13. The molecule has 1 saturated heterocycles. The van der Waals surface area contributed by atoms with Gasteiger partial charge in [0.2, 0.25) is 18.6 Å². The number of esters is 1. The Labute approximate surface area is 173 Å². The van der Waals surface area contributed by atoms with Crippen molar-refractivity contribution in [2.75, 3.05) is 32.2 Å². The van der Waals surface area contributed by atoms with Crippen LogP contribution in [-0.2, 0) is 42.1 Å². The maximum Gasteiger partial charge on any atom is 0.478 e. The van der Waals surface area contributed by atoms with E-state index in [1.54, 1.807) is 13.8 Å². The number of thioether (sulfide) groups is 1. The molecule has 2 amide bonds. The van der Waals surface area contributed by atoms with E-state index in [1.807, 2.05) is 0 Å². The van der Waals surface area contributed by atoms with Crippen LogP contribution in [0.5, 0.6) is 0 Å². The molecule has 0 aromatic heterocycles. The second-order valence-electron chi connectivity index (χ2n) is 6.81. The SMILES string of the molecule is CC(=O)OCOP1(=O)OCC(C)(C)C(C(=O)NCCC(=O)NCCSC(C)=O)O1. The Morgan fingerprint density at radius 2 is 1.86 bits per heavy atom. The fourth-order valence-electron chi connectivity index (χ4n) is 2.13. The zero-order valence-electron chi connectivity index (χ0n) is 16.8. The van der Waals surface area contributed by atoms with Crippen LogP contribution in [0.4, 0.5) is 0 Å². The molecule has 0 aromatic carbocycles. The van der Waals surface area contributed by atoms with Gasteiger partial charge < -0.3 is 15.4 Å². The maximum atomic E-state index is 12.5. The molecule has 1 fully saturated rings. The maximum absolute atomic E-state index is 12.5. The number of hydrogen-bond donors (Lipinski definition) is 2. The van der Waals surface area contributed by atoms with Crippen LogP contribution in [0.2, 0.25) is 0 Å². The number of phosphoric ester groups is 1. The molecule has 1 rings (SSSR count). The lowest BCUT2D eigenvalue weighted by Gasteiger charge is -2.39. The van der Waals surface area contributed by atoms with Crippen LogP contribution in [0.1, 0.15) is 34.1 Å². The topological polar surface area (TPSA) is 146 Å². The summed E-state index contributed by atoms with van der Waals surface area (Å²) in [5.41, 5.74) is -0.811. The molecule has 0 saturated carbocycles. The fraction of sp³-hybridized carbons (Fsp3) is 0.750. The minimum Gasteiger partial charge on any atom is -0.438 e. The van der Waals surface area contributed by atoms with Gasteiger partial charge in [-0.3, -0.25) is 28.2 Å². The molecule has 2 N–H and O–H groups in total. The molecule has 1 heterocycles. The van der Waals surface area contributed by atoms with Gasteiger partial charge in [-0.1, -0.05) is 25.6 Å². The average Bonchev–Trinajstić information content (AvgIpc) is 2.60. The smallest absolute Gasteiger partial charge is 0.438 e. The number of rotatable bonds is 10. The lowest BCUT2D eigenvalue weighted by atomic mass is 9.87. The van der Waals surface area contributed by atoms with Crippen molar-refractivity contribution in [2.45, 2.75) is 40.2 Å². The van der Waals surface area contributed by atoms with Gasteiger partial charge in [-0.05, 0) is 0 Å². The van der Waals surface area contributed by atoms with Crippen LogP contribution in [0.3, 0.4) is 0 Å². The highest BCUT2D eigenvalue weighted by molar-refractivity contribution is 8.13. The monoisotopic (exact) mass is 454 g/mol. The molecule has 1 aliphatic heterocycles. The lowest BCUT2D eigenvalue weighted by molar-refractivity contribution is -0.153. The standard InChI is InChI=1S/C16H27N2O9PS/c1-11(19)24-10-26-28(23)25-9-16(3,4)14(27-28)15(22)18-6-5-13(21)17-7-8-29-12(2)20/h14H,5-10H2,1-4H3,(H,17,21)(H,18,22). The Morgan fingerprint density at radius 1 is 1.17 bits per heavy atom. The van der Waals surface area contributed by atoms with Crippen molar-refractivity contribution >= 4 is 42.5 Å². The first-order valence-electron chi connectivity index (χ1n) is 8.84. The Kier molecular flexibility index (Phi) is 10.3. The van der Waals surface area contributed by atoms with Crippen LogP contribution in [0.25, 0.3) is 0 Å². The molecule has 2 atom stereocenters. The van der Waals surface area contributed by atoms with Crippen LogP contribution in [0.15, 0.2) is 0 Å². The first-order chi connectivity index (χ1) is 13.4. The van der Waals surface area contributed by atoms with E-state index in [9.17, 15) is 23.7 Å². The molecular weight excluding hydrogens is 427 g/mol. The van der Waals surface area contributed by atoms with Gasteiger partial charge in [0, 0.05) is 44.5 Å². The lowest BCUT2D eigenvalue weighted by Crippen LogP contribution is -2.50. The van der Waals surface area contributed by atoms with Crippen molar-refractivity contribution in [2.24, 2.45) is 5.41 Å². The number of carbonyl (C=O) groups excluding carboxylic acids is 4. The second kappa shape index (κ2) is 11.7. The van der Waals surface area contributed by atoms with Crippen molar-refractivity contribution in [3.63, 3.8) is 0 Å². The van der Waals surface area contributed by atoms with E-state index in [4.69, 9.17) is 13.6 Å². The summed E-state index contributed by atoms with van der Waals surface area (Å²) in [6, 6.07) is 0. The van der Waals surface area contributed by atoms with Gasteiger partial charge in [0.25, 0.3) is 0 Å². The number of amides is 2. The van der Waals surface area contributed by atoms with E-state index in [-0.39, 0.29) is 30.6 Å². The van der Waals surface area contributed by atoms with E-state index in [0.717, 1.165) is 18.7 Å². The summed E-state index contributed by atoms with van der Waals surface area (Å²) in [4.78, 5) is 45.8.